The quantitative estimate of drug-likeness (QED) is 0.171. The molecule has 56 heavy (non-hydrogen) atoms. The van der Waals surface area contributed by atoms with Crippen LogP contribution in [0.25, 0.3) is 0 Å². The zero-order valence-electron chi connectivity index (χ0n) is 31.6. The van der Waals surface area contributed by atoms with Crippen LogP contribution in [-0.4, -0.2) is 146 Å². The molecule has 4 amide bonds. The van der Waals surface area contributed by atoms with Crippen molar-refractivity contribution >= 4 is 31.5 Å². The number of piperazine rings is 2. The highest BCUT2D eigenvalue weighted by atomic mass is 31.2. The summed E-state index contributed by atoms with van der Waals surface area (Å²) in [5.41, 5.74) is 2.23. The molecule has 4 aliphatic rings. The summed E-state index contributed by atoms with van der Waals surface area (Å²) in [7, 11) is -4.77. The molecule has 16 nitrogen and oxygen atoms in total. The first-order valence-corrected chi connectivity index (χ1v) is 20.6. The normalized spacial score (nSPS) is 21.5. The highest BCUT2D eigenvalue weighted by Gasteiger charge is 2.51. The Balaban J connectivity index is 1.13. The van der Waals surface area contributed by atoms with Crippen LogP contribution in [-0.2, 0) is 33.7 Å². The first-order chi connectivity index (χ1) is 27.0. The first kappa shape index (κ1) is 39.4. The third-order valence-electron chi connectivity index (χ3n) is 10.9. The number of hydrogen-bond donors (Lipinski definition) is 3. The van der Waals surface area contributed by atoms with Gasteiger partial charge in [0, 0.05) is 64.8 Å². The summed E-state index contributed by atoms with van der Waals surface area (Å²) in [6, 6.07) is 20.4. The Labute approximate surface area is 327 Å². The van der Waals surface area contributed by atoms with E-state index in [1.807, 2.05) is 48.5 Å². The number of hydrogen-bond acceptors (Lipinski definition) is 10. The van der Waals surface area contributed by atoms with E-state index < -0.39 is 26.1 Å². The van der Waals surface area contributed by atoms with Crippen LogP contribution in [0.3, 0.4) is 0 Å². The maximum atomic E-state index is 14.5. The smallest absolute Gasteiger partial charge is 0.404 e. The number of anilines is 1. The average molecular weight is 788 g/mol. The maximum absolute atomic E-state index is 14.5. The molecule has 298 valence electrons. The highest BCUT2D eigenvalue weighted by molar-refractivity contribution is 7.46. The van der Waals surface area contributed by atoms with Crippen LogP contribution in [0, 0.1) is 0 Å². The lowest BCUT2D eigenvalue weighted by Crippen LogP contribution is -2.76. The topological polar surface area (TPSA) is 166 Å². The summed E-state index contributed by atoms with van der Waals surface area (Å²) < 4.78 is 16.1. The summed E-state index contributed by atoms with van der Waals surface area (Å²) in [5.74, 6) is 0.199. The molecule has 0 unspecified atom stereocenters. The Bertz CT molecular complexity index is 1920. The zero-order chi connectivity index (χ0) is 39.4. The van der Waals surface area contributed by atoms with Crippen molar-refractivity contribution in [2.45, 2.75) is 44.7 Å². The van der Waals surface area contributed by atoms with Crippen LogP contribution in [0.5, 0.6) is 5.75 Å². The number of likely N-dealkylation sites (N-methyl/N-ethyl adjacent to an activating group) is 1. The second kappa shape index (κ2) is 17.1. The Morgan fingerprint density at radius 3 is 2.38 bits per heavy atom. The number of urea groups is 1. The molecule has 5 heterocycles. The predicted octanol–water partition coefficient (Wildman–Crippen LogP) is 2.12. The van der Waals surface area contributed by atoms with Gasteiger partial charge in [0.25, 0.3) is 0 Å². The van der Waals surface area contributed by atoms with Gasteiger partial charge in [0.15, 0.2) is 0 Å². The molecule has 0 spiro atoms. The number of aromatic nitrogens is 1. The lowest BCUT2D eigenvalue weighted by Gasteiger charge is -2.55. The molecule has 17 heteroatoms. The van der Waals surface area contributed by atoms with Gasteiger partial charge in [-0.1, -0.05) is 61.5 Å². The molecule has 3 aromatic rings. The van der Waals surface area contributed by atoms with Crippen LogP contribution < -0.4 is 14.7 Å². The molecule has 4 saturated heterocycles. The van der Waals surface area contributed by atoms with Crippen molar-refractivity contribution in [2.24, 2.45) is 0 Å². The van der Waals surface area contributed by atoms with Gasteiger partial charge in [-0.25, -0.2) is 24.4 Å². The molecule has 0 radical (unpaired) electrons. The van der Waals surface area contributed by atoms with Crippen molar-refractivity contribution in [1.29, 1.82) is 0 Å². The number of benzene rings is 2. The van der Waals surface area contributed by atoms with Crippen molar-refractivity contribution in [2.75, 3.05) is 70.3 Å². The highest BCUT2D eigenvalue weighted by Crippen LogP contribution is 2.38. The van der Waals surface area contributed by atoms with E-state index in [1.54, 1.807) is 28.1 Å². The summed E-state index contributed by atoms with van der Waals surface area (Å²) in [6.07, 6.45) is 0.870. The van der Waals surface area contributed by atoms with Gasteiger partial charge in [-0.05, 0) is 41.9 Å². The van der Waals surface area contributed by atoms with Crippen LogP contribution in [0.15, 0.2) is 85.5 Å². The number of carbonyl (C=O) groups excluding carboxylic acids is 3. The lowest BCUT2D eigenvalue weighted by molar-refractivity contribution is -0.189. The second-order valence-corrected chi connectivity index (χ2v) is 15.8. The summed E-state index contributed by atoms with van der Waals surface area (Å²) in [5, 5.41) is 6.18. The van der Waals surface area contributed by atoms with Crippen molar-refractivity contribution in [1.82, 2.24) is 39.9 Å². The number of carbonyl (C=O) groups is 3. The zero-order valence-corrected chi connectivity index (χ0v) is 32.5. The first-order valence-electron chi connectivity index (χ1n) is 19.1. The Morgan fingerprint density at radius 2 is 1.70 bits per heavy atom. The molecule has 0 saturated carbocycles. The molecular weight excluding hydrogens is 737 g/mol. The summed E-state index contributed by atoms with van der Waals surface area (Å²) in [6.45, 7) is 13.8. The number of nitrogens with zero attached hydrogens (tertiary/aromatic N) is 8. The Hall–Kier alpha value is -4.83. The number of hydrazine groups is 1. The third-order valence-corrected chi connectivity index (χ3v) is 11.4. The SMILES string of the molecule is C=CCN1CC(=O)N2[C@@H](Cc3ccc(OP(=O)(O)O)cc3)C(=O)N(Cc3cccc(N4CC(N5CCN(CC)CC5)C4)n3)C[C@@H]2N1C(=O)NCc1ccccc1. The van der Waals surface area contributed by atoms with E-state index in [4.69, 9.17) is 9.51 Å². The molecule has 1 aromatic heterocycles. The minimum atomic E-state index is -4.77. The standard InChI is InChI=1S/C39H50N9O7P/c1-3-17-46-28-37(49)47-34(22-29-13-15-33(16-14-29)55-56(52,53)54)38(50)45(27-36(47)48(46)39(51)40-23-30-9-6-5-7-10-30)24-31-11-8-12-35(41-31)44-25-32(26-44)43-20-18-42(4-2)19-21-43/h3,5-16,32,34,36H,1,4,17-28H2,2H3,(H,40,51)(H2,52,53,54)/t34-,36-/m0/s1. The molecule has 0 bridgehead atoms. The largest absolute Gasteiger partial charge is 0.524 e. The second-order valence-electron chi connectivity index (χ2n) is 14.6. The fourth-order valence-electron chi connectivity index (χ4n) is 7.99. The third kappa shape index (κ3) is 9.07. The maximum Gasteiger partial charge on any atom is 0.524 e. The van der Waals surface area contributed by atoms with Gasteiger partial charge in [0.05, 0.1) is 25.3 Å². The van der Waals surface area contributed by atoms with E-state index in [0.717, 1.165) is 57.2 Å². The van der Waals surface area contributed by atoms with Crippen molar-refractivity contribution in [3.63, 3.8) is 0 Å². The van der Waals surface area contributed by atoms with E-state index in [-0.39, 0.29) is 56.7 Å². The Morgan fingerprint density at radius 1 is 0.964 bits per heavy atom. The summed E-state index contributed by atoms with van der Waals surface area (Å²) in [4.78, 5) is 76.6. The molecule has 7 rings (SSSR count). The van der Waals surface area contributed by atoms with Crippen molar-refractivity contribution < 1.29 is 33.3 Å². The van der Waals surface area contributed by atoms with Gasteiger partial charge < -0.3 is 29.4 Å². The monoisotopic (exact) mass is 787 g/mol. The number of fused-ring (bicyclic) bond motifs is 1. The van der Waals surface area contributed by atoms with Crippen molar-refractivity contribution in [3.05, 3.63) is 102 Å². The molecular formula is C39H50N9O7P. The number of phosphoric ester groups is 1. The Kier molecular flexibility index (Phi) is 12.0. The number of pyridine rings is 1. The van der Waals surface area contributed by atoms with Gasteiger partial charge >= 0.3 is 13.9 Å². The number of rotatable bonds is 13. The van der Waals surface area contributed by atoms with Gasteiger partial charge in [-0.3, -0.25) is 24.3 Å². The van der Waals surface area contributed by atoms with Crippen molar-refractivity contribution in [3.8, 4) is 5.75 Å². The van der Waals surface area contributed by atoms with Gasteiger partial charge in [0.1, 0.15) is 23.8 Å². The fraction of sp³-hybridized carbons (Fsp3) is 0.436. The molecule has 2 aromatic carbocycles. The predicted molar refractivity (Wildman–Crippen MR) is 209 cm³/mol. The van der Waals surface area contributed by atoms with Gasteiger partial charge in [-0.2, -0.15) is 0 Å². The average Bonchev–Trinajstić information content (AvgIpc) is 3.16. The summed E-state index contributed by atoms with van der Waals surface area (Å²) >= 11 is 0. The number of phosphoric acid groups is 1. The molecule has 2 atom stereocenters. The van der Waals surface area contributed by atoms with Crippen LogP contribution in [0.1, 0.15) is 23.7 Å². The lowest BCUT2D eigenvalue weighted by atomic mass is 9.98. The van der Waals surface area contributed by atoms with Crippen LogP contribution in [0.2, 0.25) is 0 Å². The number of amides is 4. The number of nitrogens with one attached hydrogen (secondary N) is 1. The molecule has 4 fully saturated rings. The van der Waals surface area contributed by atoms with Gasteiger partial charge in [-0.15, -0.1) is 6.58 Å². The molecule has 3 N–H and O–H groups in total. The van der Waals surface area contributed by atoms with E-state index in [0.29, 0.717) is 17.3 Å². The van der Waals surface area contributed by atoms with E-state index in [1.165, 1.54) is 22.0 Å². The minimum Gasteiger partial charge on any atom is -0.404 e. The van der Waals surface area contributed by atoms with Crippen LogP contribution >= 0.6 is 7.82 Å². The van der Waals surface area contributed by atoms with E-state index in [2.05, 4.69) is 33.5 Å². The van der Waals surface area contributed by atoms with Crippen LogP contribution in [0.4, 0.5) is 10.6 Å². The van der Waals surface area contributed by atoms with Gasteiger partial charge in [0.2, 0.25) is 11.8 Å². The van der Waals surface area contributed by atoms with E-state index >= 15 is 0 Å². The minimum absolute atomic E-state index is 0.0366. The molecule has 4 aliphatic heterocycles. The fourth-order valence-corrected chi connectivity index (χ4v) is 8.39. The van der Waals surface area contributed by atoms with E-state index in [9.17, 15) is 28.7 Å². The molecule has 0 aliphatic carbocycles.